The summed E-state index contributed by atoms with van der Waals surface area (Å²) in [7, 11) is 3.15. The zero-order valence-electron chi connectivity index (χ0n) is 14.3. The Labute approximate surface area is 154 Å². The van der Waals surface area contributed by atoms with Gasteiger partial charge in [-0.25, -0.2) is 0 Å². The normalized spacial score (nSPS) is 16.9. The third kappa shape index (κ3) is 2.92. The van der Waals surface area contributed by atoms with E-state index in [1.807, 2.05) is 23.6 Å². The molecule has 0 bridgehead atoms. The van der Waals surface area contributed by atoms with E-state index in [0.29, 0.717) is 36.2 Å². The number of rotatable bonds is 5. The molecule has 1 saturated heterocycles. The van der Waals surface area contributed by atoms with Gasteiger partial charge in [-0.1, -0.05) is 11.2 Å². The quantitative estimate of drug-likeness (QED) is 0.685. The summed E-state index contributed by atoms with van der Waals surface area (Å²) in [6.07, 6.45) is 0.334. The number of hydrogen-bond donors (Lipinski definition) is 0. The third-order valence-corrected chi connectivity index (χ3v) is 5.20. The van der Waals surface area contributed by atoms with Gasteiger partial charge in [-0.3, -0.25) is 4.79 Å². The van der Waals surface area contributed by atoms with Crippen LogP contribution in [0.1, 0.15) is 18.2 Å². The fourth-order valence-electron chi connectivity index (χ4n) is 3.02. The number of methoxy groups -OCH3 is 2. The van der Waals surface area contributed by atoms with E-state index >= 15 is 0 Å². The van der Waals surface area contributed by atoms with Crippen molar-refractivity contribution in [1.82, 2.24) is 10.1 Å². The van der Waals surface area contributed by atoms with E-state index in [1.165, 1.54) is 0 Å². The fraction of sp³-hybridized carbons (Fsp3) is 0.278. The second-order valence-corrected chi connectivity index (χ2v) is 6.83. The van der Waals surface area contributed by atoms with Gasteiger partial charge in [-0.05, 0) is 23.6 Å². The largest absolute Gasteiger partial charge is 0.493 e. The van der Waals surface area contributed by atoms with E-state index in [1.54, 1.807) is 42.6 Å². The van der Waals surface area contributed by atoms with E-state index in [9.17, 15) is 4.79 Å². The summed E-state index contributed by atoms with van der Waals surface area (Å²) < 4.78 is 16.0. The molecule has 0 unspecified atom stereocenters. The lowest BCUT2D eigenvalue weighted by atomic mass is 10.1. The molecule has 1 aromatic carbocycles. The highest BCUT2D eigenvalue weighted by atomic mass is 32.1. The van der Waals surface area contributed by atoms with Crippen LogP contribution in [0.25, 0.3) is 10.7 Å². The molecule has 3 heterocycles. The molecule has 1 aliphatic heterocycles. The summed E-state index contributed by atoms with van der Waals surface area (Å²) in [5.74, 6) is 2.14. The van der Waals surface area contributed by atoms with Crippen LogP contribution in [0.5, 0.6) is 11.5 Å². The first-order valence-corrected chi connectivity index (χ1v) is 8.97. The molecule has 8 heteroatoms. The molecule has 1 aliphatic rings. The van der Waals surface area contributed by atoms with E-state index in [-0.39, 0.29) is 11.8 Å². The summed E-state index contributed by atoms with van der Waals surface area (Å²) in [5, 5.41) is 6.00. The first-order chi connectivity index (χ1) is 12.7. The molecule has 0 N–H and O–H groups in total. The van der Waals surface area contributed by atoms with E-state index in [2.05, 4.69) is 10.1 Å². The van der Waals surface area contributed by atoms with Crippen LogP contribution < -0.4 is 14.4 Å². The summed E-state index contributed by atoms with van der Waals surface area (Å²) in [6.45, 7) is 0.486. The Hall–Kier alpha value is -2.87. The molecule has 1 atom stereocenters. The number of ether oxygens (including phenoxy) is 2. The van der Waals surface area contributed by atoms with Gasteiger partial charge < -0.3 is 18.9 Å². The van der Waals surface area contributed by atoms with Crippen molar-refractivity contribution >= 4 is 22.9 Å². The molecule has 26 heavy (non-hydrogen) atoms. The molecule has 0 radical (unpaired) electrons. The van der Waals surface area contributed by atoms with Crippen molar-refractivity contribution in [2.24, 2.45) is 0 Å². The number of anilines is 1. The standard InChI is InChI=1S/C18H17N3O4S/c1-23-13-6-5-12(9-14(13)24-2)21-10-11(8-16(21)22)18-19-17(20-25-18)15-4-3-7-26-15/h3-7,9,11H,8,10H2,1-2H3/t11-/m1/s1. The highest BCUT2D eigenvalue weighted by molar-refractivity contribution is 7.13. The number of carbonyl (C=O) groups excluding carboxylic acids is 1. The molecule has 1 fully saturated rings. The van der Waals surface area contributed by atoms with E-state index < -0.39 is 0 Å². The van der Waals surface area contributed by atoms with Gasteiger partial charge in [-0.15, -0.1) is 11.3 Å². The molecule has 0 spiro atoms. The molecular weight excluding hydrogens is 354 g/mol. The van der Waals surface area contributed by atoms with Crippen LogP contribution in [0, 0.1) is 0 Å². The second-order valence-electron chi connectivity index (χ2n) is 5.88. The van der Waals surface area contributed by atoms with Crippen LogP contribution in [0.15, 0.2) is 40.2 Å². The first-order valence-electron chi connectivity index (χ1n) is 8.09. The average Bonchev–Trinajstić information content (AvgIpc) is 3.40. The minimum absolute atomic E-state index is 0.0121. The van der Waals surface area contributed by atoms with Crippen molar-refractivity contribution in [3.8, 4) is 22.2 Å². The van der Waals surface area contributed by atoms with Gasteiger partial charge >= 0.3 is 0 Å². The SMILES string of the molecule is COc1ccc(N2C[C@H](c3nc(-c4cccs4)no3)CC2=O)cc1OC. The van der Waals surface area contributed by atoms with Gasteiger partial charge in [0.2, 0.25) is 17.6 Å². The van der Waals surface area contributed by atoms with Gasteiger partial charge in [0.25, 0.3) is 0 Å². The Morgan fingerprint density at radius 2 is 2.08 bits per heavy atom. The maximum Gasteiger partial charge on any atom is 0.232 e. The van der Waals surface area contributed by atoms with E-state index in [0.717, 1.165) is 10.6 Å². The molecular formula is C18H17N3O4S. The predicted molar refractivity (Wildman–Crippen MR) is 96.9 cm³/mol. The Morgan fingerprint density at radius 1 is 1.23 bits per heavy atom. The van der Waals surface area contributed by atoms with Crippen molar-refractivity contribution in [3.05, 3.63) is 41.6 Å². The van der Waals surface area contributed by atoms with Crippen LogP contribution in [0.3, 0.4) is 0 Å². The third-order valence-electron chi connectivity index (χ3n) is 4.34. The van der Waals surface area contributed by atoms with Gasteiger partial charge in [0.15, 0.2) is 11.5 Å². The Bertz CT molecular complexity index is 922. The van der Waals surface area contributed by atoms with Crippen molar-refractivity contribution < 1.29 is 18.8 Å². The van der Waals surface area contributed by atoms with Gasteiger partial charge in [-0.2, -0.15) is 4.98 Å². The number of aromatic nitrogens is 2. The fourth-order valence-corrected chi connectivity index (χ4v) is 3.67. The van der Waals surface area contributed by atoms with Crippen molar-refractivity contribution in [2.45, 2.75) is 12.3 Å². The Morgan fingerprint density at radius 3 is 2.81 bits per heavy atom. The van der Waals surface area contributed by atoms with Crippen molar-refractivity contribution in [1.29, 1.82) is 0 Å². The number of thiophene rings is 1. The second kappa shape index (κ2) is 6.80. The molecule has 134 valence electrons. The summed E-state index contributed by atoms with van der Waals surface area (Å²) in [5.41, 5.74) is 0.758. The van der Waals surface area contributed by atoms with Gasteiger partial charge in [0.05, 0.1) is 25.0 Å². The molecule has 0 aliphatic carbocycles. The lowest BCUT2D eigenvalue weighted by Crippen LogP contribution is -2.24. The Balaban J connectivity index is 1.56. The lowest BCUT2D eigenvalue weighted by Gasteiger charge is -2.18. The minimum Gasteiger partial charge on any atom is -0.493 e. The van der Waals surface area contributed by atoms with Crippen LogP contribution in [-0.2, 0) is 4.79 Å². The predicted octanol–water partition coefficient (Wildman–Crippen LogP) is 3.34. The lowest BCUT2D eigenvalue weighted by molar-refractivity contribution is -0.117. The summed E-state index contributed by atoms with van der Waals surface area (Å²) in [6, 6.07) is 9.30. The van der Waals surface area contributed by atoms with Crippen LogP contribution >= 0.6 is 11.3 Å². The summed E-state index contributed by atoms with van der Waals surface area (Å²) >= 11 is 1.55. The van der Waals surface area contributed by atoms with Crippen LogP contribution in [0.2, 0.25) is 0 Å². The zero-order valence-corrected chi connectivity index (χ0v) is 15.2. The molecule has 4 rings (SSSR count). The number of nitrogens with zero attached hydrogens (tertiary/aromatic N) is 3. The van der Waals surface area contributed by atoms with Gasteiger partial charge in [0, 0.05) is 24.7 Å². The first kappa shape index (κ1) is 16.6. The maximum absolute atomic E-state index is 12.5. The monoisotopic (exact) mass is 371 g/mol. The van der Waals surface area contributed by atoms with E-state index in [4.69, 9.17) is 14.0 Å². The molecule has 2 aromatic heterocycles. The van der Waals surface area contributed by atoms with Crippen LogP contribution in [0.4, 0.5) is 5.69 Å². The number of benzene rings is 1. The van der Waals surface area contributed by atoms with Crippen molar-refractivity contribution in [2.75, 3.05) is 25.7 Å². The number of amides is 1. The topological polar surface area (TPSA) is 77.7 Å². The summed E-state index contributed by atoms with van der Waals surface area (Å²) in [4.78, 5) is 19.6. The zero-order chi connectivity index (χ0) is 18.1. The minimum atomic E-state index is -0.128. The van der Waals surface area contributed by atoms with Gasteiger partial charge in [0.1, 0.15) is 0 Å². The molecule has 1 amide bonds. The maximum atomic E-state index is 12.5. The molecule has 7 nitrogen and oxygen atoms in total. The van der Waals surface area contributed by atoms with Crippen molar-refractivity contribution in [3.63, 3.8) is 0 Å². The number of carbonyl (C=O) groups is 1. The highest BCUT2D eigenvalue weighted by Crippen LogP contribution is 2.36. The van der Waals surface area contributed by atoms with Crippen LogP contribution in [-0.4, -0.2) is 36.8 Å². The average molecular weight is 371 g/mol. The highest BCUT2D eigenvalue weighted by Gasteiger charge is 2.35. The Kier molecular flexibility index (Phi) is 4.34. The molecule has 0 saturated carbocycles. The number of hydrogen-bond acceptors (Lipinski definition) is 7. The smallest absolute Gasteiger partial charge is 0.232 e. The molecule has 3 aromatic rings.